The van der Waals surface area contributed by atoms with E-state index in [4.69, 9.17) is 0 Å². The third-order valence-electron chi connectivity index (χ3n) is 4.50. The number of H-pyrrole nitrogens is 1. The van der Waals surface area contributed by atoms with Crippen LogP contribution in [0.3, 0.4) is 0 Å². The predicted octanol–water partition coefficient (Wildman–Crippen LogP) is 4.13. The number of rotatable bonds is 5. The van der Waals surface area contributed by atoms with Crippen LogP contribution in [0.1, 0.15) is 38.6 Å². The minimum Gasteiger partial charge on any atom is -0.350 e. The molecule has 24 heavy (non-hydrogen) atoms. The SMILES string of the molecule is Cc1cc2[nH]c(C(=O)NCc3cccs3)c(CN3CCCC3)c2s1. The van der Waals surface area contributed by atoms with Gasteiger partial charge in [-0.15, -0.1) is 22.7 Å². The van der Waals surface area contributed by atoms with Crippen molar-refractivity contribution in [3.8, 4) is 0 Å². The maximum atomic E-state index is 12.7. The summed E-state index contributed by atoms with van der Waals surface area (Å²) in [6.45, 7) is 5.84. The lowest BCUT2D eigenvalue weighted by atomic mass is 10.2. The molecular formula is C18H21N3OS2. The molecule has 0 spiro atoms. The van der Waals surface area contributed by atoms with E-state index >= 15 is 0 Å². The van der Waals surface area contributed by atoms with E-state index in [1.54, 1.807) is 22.7 Å². The number of aryl methyl sites for hydroxylation is 1. The lowest BCUT2D eigenvalue weighted by Gasteiger charge is -2.15. The van der Waals surface area contributed by atoms with Crippen LogP contribution in [0, 0.1) is 6.92 Å². The second kappa shape index (κ2) is 6.70. The second-order valence-electron chi connectivity index (χ2n) is 6.32. The summed E-state index contributed by atoms with van der Waals surface area (Å²) >= 11 is 3.45. The molecule has 1 amide bonds. The molecule has 0 radical (unpaired) electrons. The normalized spacial score (nSPS) is 15.4. The van der Waals surface area contributed by atoms with Crippen molar-refractivity contribution in [2.75, 3.05) is 13.1 Å². The molecular weight excluding hydrogens is 338 g/mol. The molecule has 0 aliphatic carbocycles. The summed E-state index contributed by atoms with van der Waals surface area (Å²) in [6.07, 6.45) is 2.52. The number of carbonyl (C=O) groups is 1. The van der Waals surface area contributed by atoms with Gasteiger partial charge in [-0.2, -0.15) is 0 Å². The number of nitrogens with one attached hydrogen (secondary N) is 2. The highest BCUT2D eigenvalue weighted by Gasteiger charge is 2.22. The predicted molar refractivity (Wildman–Crippen MR) is 101 cm³/mol. The fourth-order valence-corrected chi connectivity index (χ4v) is 4.99. The average Bonchev–Trinajstić information content (AvgIpc) is 3.31. The number of fused-ring (bicyclic) bond motifs is 1. The Morgan fingerprint density at radius 3 is 2.96 bits per heavy atom. The number of thiophene rings is 2. The molecule has 0 aromatic carbocycles. The van der Waals surface area contributed by atoms with Gasteiger partial charge in [0, 0.05) is 21.9 Å². The fourth-order valence-electron chi connectivity index (χ4n) is 3.33. The van der Waals surface area contributed by atoms with Crippen molar-refractivity contribution >= 4 is 38.8 Å². The van der Waals surface area contributed by atoms with Crippen LogP contribution in [0.25, 0.3) is 10.2 Å². The summed E-state index contributed by atoms with van der Waals surface area (Å²) in [5.41, 5.74) is 2.99. The van der Waals surface area contributed by atoms with Gasteiger partial charge >= 0.3 is 0 Å². The number of carbonyl (C=O) groups excluding carboxylic acids is 1. The number of aromatic nitrogens is 1. The van der Waals surface area contributed by atoms with Gasteiger partial charge in [-0.05, 0) is 50.4 Å². The average molecular weight is 360 g/mol. The fraction of sp³-hybridized carbons (Fsp3) is 0.389. The van der Waals surface area contributed by atoms with Gasteiger partial charge in [0.15, 0.2) is 0 Å². The molecule has 3 aromatic rings. The second-order valence-corrected chi connectivity index (χ2v) is 8.61. The molecule has 126 valence electrons. The van der Waals surface area contributed by atoms with Crippen molar-refractivity contribution < 1.29 is 4.79 Å². The van der Waals surface area contributed by atoms with Crippen molar-refractivity contribution in [1.82, 2.24) is 15.2 Å². The van der Waals surface area contributed by atoms with E-state index in [0.29, 0.717) is 6.54 Å². The van der Waals surface area contributed by atoms with Crippen LogP contribution in [-0.4, -0.2) is 28.9 Å². The number of hydrogen-bond acceptors (Lipinski definition) is 4. The van der Waals surface area contributed by atoms with Crippen molar-refractivity contribution in [3.05, 3.63) is 44.6 Å². The molecule has 1 aliphatic rings. The summed E-state index contributed by atoms with van der Waals surface area (Å²) in [7, 11) is 0. The molecule has 0 unspecified atom stereocenters. The summed E-state index contributed by atoms with van der Waals surface area (Å²) in [5.74, 6) is -0.00125. The third-order valence-corrected chi connectivity index (χ3v) is 6.49. The summed E-state index contributed by atoms with van der Waals surface area (Å²) < 4.78 is 1.24. The number of aromatic amines is 1. The van der Waals surface area contributed by atoms with Gasteiger partial charge in [0.1, 0.15) is 5.69 Å². The lowest BCUT2D eigenvalue weighted by Crippen LogP contribution is -2.26. The molecule has 2 N–H and O–H groups in total. The zero-order valence-corrected chi connectivity index (χ0v) is 15.4. The molecule has 4 nitrogen and oxygen atoms in total. The monoisotopic (exact) mass is 359 g/mol. The van der Waals surface area contributed by atoms with Gasteiger partial charge in [0.05, 0.1) is 16.8 Å². The first-order chi connectivity index (χ1) is 11.7. The molecule has 0 atom stereocenters. The zero-order chi connectivity index (χ0) is 16.5. The maximum absolute atomic E-state index is 12.7. The largest absolute Gasteiger partial charge is 0.350 e. The van der Waals surface area contributed by atoms with E-state index in [2.05, 4.69) is 28.2 Å². The summed E-state index contributed by atoms with van der Waals surface area (Å²) in [4.78, 5) is 21.0. The van der Waals surface area contributed by atoms with E-state index in [1.807, 2.05) is 17.5 Å². The van der Waals surface area contributed by atoms with Gasteiger partial charge in [-0.1, -0.05) is 6.07 Å². The molecule has 1 aliphatic heterocycles. The van der Waals surface area contributed by atoms with E-state index < -0.39 is 0 Å². The Balaban J connectivity index is 1.60. The maximum Gasteiger partial charge on any atom is 0.268 e. The minimum atomic E-state index is -0.00125. The molecule has 3 aromatic heterocycles. The Labute approximate surface area is 149 Å². The molecule has 0 saturated carbocycles. The van der Waals surface area contributed by atoms with Crippen LogP contribution in [0.4, 0.5) is 0 Å². The highest BCUT2D eigenvalue weighted by molar-refractivity contribution is 7.19. The van der Waals surface area contributed by atoms with Gasteiger partial charge in [-0.25, -0.2) is 0 Å². The number of nitrogens with zero attached hydrogens (tertiary/aromatic N) is 1. The Hall–Kier alpha value is -1.63. The highest BCUT2D eigenvalue weighted by atomic mass is 32.1. The van der Waals surface area contributed by atoms with Crippen molar-refractivity contribution in [3.63, 3.8) is 0 Å². The van der Waals surface area contributed by atoms with E-state index in [9.17, 15) is 4.79 Å². The first-order valence-electron chi connectivity index (χ1n) is 8.34. The molecule has 1 saturated heterocycles. The van der Waals surface area contributed by atoms with Crippen LogP contribution in [0.5, 0.6) is 0 Å². The number of likely N-dealkylation sites (tertiary alicyclic amines) is 1. The van der Waals surface area contributed by atoms with Crippen LogP contribution in [0.2, 0.25) is 0 Å². The Morgan fingerprint density at radius 1 is 1.38 bits per heavy atom. The number of amides is 1. The molecule has 4 rings (SSSR count). The standard InChI is InChI=1S/C18H21N3OS2/c1-12-9-15-17(24-12)14(11-21-6-2-3-7-21)16(20-15)18(22)19-10-13-5-4-8-23-13/h4-5,8-9,20H,2-3,6-7,10-11H2,1H3,(H,19,22). The van der Waals surface area contributed by atoms with Crippen molar-refractivity contribution in [2.24, 2.45) is 0 Å². The quantitative estimate of drug-likeness (QED) is 0.720. The molecule has 0 bridgehead atoms. The van der Waals surface area contributed by atoms with Crippen LogP contribution in [0.15, 0.2) is 23.6 Å². The minimum absolute atomic E-state index is 0.00125. The van der Waals surface area contributed by atoms with Crippen LogP contribution in [-0.2, 0) is 13.1 Å². The van der Waals surface area contributed by atoms with Crippen molar-refractivity contribution in [2.45, 2.75) is 32.9 Å². The first kappa shape index (κ1) is 15.9. The van der Waals surface area contributed by atoms with E-state index in [1.165, 1.54) is 27.3 Å². The van der Waals surface area contributed by atoms with Crippen LogP contribution >= 0.6 is 22.7 Å². The first-order valence-corrected chi connectivity index (χ1v) is 10.0. The Kier molecular flexibility index (Phi) is 4.43. The van der Waals surface area contributed by atoms with Gasteiger partial charge in [0.2, 0.25) is 0 Å². The smallest absolute Gasteiger partial charge is 0.268 e. The zero-order valence-electron chi connectivity index (χ0n) is 13.7. The Bertz CT molecular complexity index is 841. The summed E-state index contributed by atoms with van der Waals surface area (Å²) in [6, 6.07) is 6.20. The van der Waals surface area contributed by atoms with Gasteiger partial charge in [-0.3, -0.25) is 9.69 Å². The number of hydrogen-bond donors (Lipinski definition) is 2. The van der Waals surface area contributed by atoms with Crippen LogP contribution < -0.4 is 5.32 Å². The van der Waals surface area contributed by atoms with Crippen molar-refractivity contribution in [1.29, 1.82) is 0 Å². The highest BCUT2D eigenvalue weighted by Crippen LogP contribution is 2.32. The molecule has 1 fully saturated rings. The molecule has 6 heteroatoms. The topological polar surface area (TPSA) is 48.1 Å². The van der Waals surface area contributed by atoms with Gasteiger partial charge in [0.25, 0.3) is 5.91 Å². The third kappa shape index (κ3) is 3.14. The van der Waals surface area contributed by atoms with Gasteiger partial charge < -0.3 is 10.3 Å². The summed E-state index contributed by atoms with van der Waals surface area (Å²) in [5, 5.41) is 5.09. The molecule has 4 heterocycles. The van der Waals surface area contributed by atoms with E-state index in [0.717, 1.165) is 36.4 Å². The van der Waals surface area contributed by atoms with E-state index in [-0.39, 0.29) is 5.91 Å². The Morgan fingerprint density at radius 2 is 2.21 bits per heavy atom. The lowest BCUT2D eigenvalue weighted by molar-refractivity contribution is 0.0945.